The Morgan fingerprint density at radius 3 is 2.55 bits per heavy atom. The molecule has 5 heteroatoms. The van der Waals surface area contributed by atoms with Gasteiger partial charge in [-0.1, -0.05) is 6.07 Å². The van der Waals surface area contributed by atoms with E-state index in [-0.39, 0.29) is 6.61 Å². The Morgan fingerprint density at radius 1 is 1.14 bits per heavy atom. The van der Waals surface area contributed by atoms with Crippen LogP contribution in [0.4, 0.5) is 8.78 Å². The summed E-state index contributed by atoms with van der Waals surface area (Å²) < 4.78 is 33.5. The van der Waals surface area contributed by atoms with Crippen LogP contribution in [-0.4, -0.2) is 17.1 Å². The topological polar surface area (TPSA) is 31.2 Å². The van der Waals surface area contributed by atoms with Crippen LogP contribution in [0.15, 0.2) is 48.7 Å². The number of carbonyl (C=O) groups excluding carboxylic acids is 1. The standard InChI is InChI=1S/C17H13F2NO2/c1-2-22-17(21)15-4-3-5-16-14(15)6-7-20(16)13-9-11(18)8-12(19)10-13/h3-10H,2H2,1H3. The number of ether oxygens (including phenoxy) is 1. The Labute approximate surface area is 125 Å². The fraction of sp³-hybridized carbons (Fsp3) is 0.118. The molecule has 2 aromatic carbocycles. The fourth-order valence-corrected chi connectivity index (χ4v) is 2.46. The second-order valence-electron chi connectivity index (χ2n) is 4.77. The summed E-state index contributed by atoms with van der Waals surface area (Å²) in [6.45, 7) is 2.02. The summed E-state index contributed by atoms with van der Waals surface area (Å²) in [5, 5.41) is 0.672. The van der Waals surface area contributed by atoms with E-state index in [4.69, 9.17) is 4.74 Å². The van der Waals surface area contributed by atoms with Gasteiger partial charge in [-0.3, -0.25) is 0 Å². The average Bonchev–Trinajstić information content (AvgIpc) is 2.90. The van der Waals surface area contributed by atoms with Gasteiger partial charge in [-0.05, 0) is 37.3 Å². The molecule has 0 spiro atoms. The van der Waals surface area contributed by atoms with Gasteiger partial charge in [0.15, 0.2) is 0 Å². The van der Waals surface area contributed by atoms with E-state index < -0.39 is 17.6 Å². The van der Waals surface area contributed by atoms with Gasteiger partial charge >= 0.3 is 5.97 Å². The van der Waals surface area contributed by atoms with Crippen molar-refractivity contribution in [1.82, 2.24) is 4.57 Å². The maximum atomic E-state index is 13.4. The predicted molar refractivity (Wildman–Crippen MR) is 79.1 cm³/mol. The van der Waals surface area contributed by atoms with Crippen molar-refractivity contribution in [2.75, 3.05) is 6.61 Å². The molecule has 0 saturated heterocycles. The van der Waals surface area contributed by atoms with Crippen molar-refractivity contribution < 1.29 is 18.3 Å². The zero-order valence-corrected chi connectivity index (χ0v) is 11.8. The number of halogens is 2. The van der Waals surface area contributed by atoms with Gasteiger partial charge in [0.1, 0.15) is 11.6 Å². The van der Waals surface area contributed by atoms with Crippen LogP contribution in [-0.2, 0) is 4.74 Å². The van der Waals surface area contributed by atoms with Crippen molar-refractivity contribution in [1.29, 1.82) is 0 Å². The Kier molecular flexibility index (Phi) is 3.63. The smallest absolute Gasteiger partial charge is 0.338 e. The molecular formula is C17H13F2NO2. The average molecular weight is 301 g/mol. The summed E-state index contributed by atoms with van der Waals surface area (Å²) in [7, 11) is 0. The van der Waals surface area contributed by atoms with E-state index in [9.17, 15) is 13.6 Å². The summed E-state index contributed by atoms with van der Waals surface area (Å²) in [6, 6.07) is 10.2. The number of hydrogen-bond acceptors (Lipinski definition) is 2. The number of hydrogen-bond donors (Lipinski definition) is 0. The van der Waals surface area contributed by atoms with Crippen LogP contribution in [0.3, 0.4) is 0 Å². The summed E-state index contributed by atoms with van der Waals surface area (Å²) in [4.78, 5) is 12.0. The molecule has 0 aliphatic carbocycles. The predicted octanol–water partition coefficient (Wildman–Crippen LogP) is 4.09. The van der Waals surface area contributed by atoms with E-state index in [1.54, 1.807) is 42.0 Å². The largest absolute Gasteiger partial charge is 0.462 e. The van der Waals surface area contributed by atoms with Crippen LogP contribution >= 0.6 is 0 Å². The third kappa shape index (κ3) is 2.45. The summed E-state index contributed by atoms with van der Waals surface area (Å²) in [6.07, 6.45) is 1.67. The molecule has 1 aromatic heterocycles. The number of fused-ring (bicyclic) bond motifs is 1. The molecule has 0 N–H and O–H groups in total. The van der Waals surface area contributed by atoms with Crippen LogP contribution in [0.1, 0.15) is 17.3 Å². The summed E-state index contributed by atoms with van der Waals surface area (Å²) >= 11 is 0. The number of rotatable bonds is 3. The van der Waals surface area contributed by atoms with Crippen molar-refractivity contribution >= 4 is 16.9 Å². The molecule has 112 valence electrons. The lowest BCUT2D eigenvalue weighted by atomic mass is 10.1. The highest BCUT2D eigenvalue weighted by atomic mass is 19.1. The lowest BCUT2D eigenvalue weighted by Gasteiger charge is -2.07. The first kappa shape index (κ1) is 14.3. The highest BCUT2D eigenvalue weighted by Crippen LogP contribution is 2.25. The summed E-state index contributed by atoms with van der Waals surface area (Å²) in [5.41, 5.74) is 1.46. The summed E-state index contributed by atoms with van der Waals surface area (Å²) in [5.74, 6) is -1.73. The monoisotopic (exact) mass is 301 g/mol. The van der Waals surface area contributed by atoms with E-state index in [0.717, 1.165) is 6.07 Å². The first-order valence-corrected chi connectivity index (χ1v) is 6.84. The van der Waals surface area contributed by atoms with Crippen LogP contribution < -0.4 is 0 Å². The normalized spacial score (nSPS) is 10.9. The van der Waals surface area contributed by atoms with Crippen LogP contribution in [0.2, 0.25) is 0 Å². The molecule has 3 nitrogen and oxygen atoms in total. The second kappa shape index (κ2) is 5.60. The second-order valence-corrected chi connectivity index (χ2v) is 4.77. The van der Waals surface area contributed by atoms with E-state index in [0.29, 0.717) is 22.2 Å². The van der Waals surface area contributed by atoms with Gasteiger partial charge in [0.05, 0.1) is 23.4 Å². The van der Waals surface area contributed by atoms with Gasteiger partial charge in [0.2, 0.25) is 0 Å². The first-order chi connectivity index (χ1) is 10.6. The van der Waals surface area contributed by atoms with Gasteiger partial charge in [-0.2, -0.15) is 0 Å². The molecule has 0 unspecified atom stereocenters. The highest BCUT2D eigenvalue weighted by Gasteiger charge is 2.14. The van der Waals surface area contributed by atoms with Crippen molar-refractivity contribution in [2.45, 2.75) is 6.92 Å². The number of aromatic nitrogens is 1. The zero-order chi connectivity index (χ0) is 15.7. The Morgan fingerprint density at radius 2 is 1.86 bits per heavy atom. The molecule has 3 aromatic rings. The van der Waals surface area contributed by atoms with Crippen LogP contribution in [0.5, 0.6) is 0 Å². The van der Waals surface area contributed by atoms with Crippen LogP contribution in [0.25, 0.3) is 16.6 Å². The quantitative estimate of drug-likeness (QED) is 0.682. The molecule has 22 heavy (non-hydrogen) atoms. The van der Waals surface area contributed by atoms with Gasteiger partial charge < -0.3 is 9.30 Å². The Hall–Kier alpha value is -2.69. The lowest BCUT2D eigenvalue weighted by Crippen LogP contribution is -2.05. The number of benzene rings is 2. The van der Waals surface area contributed by atoms with Crippen molar-refractivity contribution in [2.24, 2.45) is 0 Å². The highest BCUT2D eigenvalue weighted by molar-refractivity contribution is 6.04. The van der Waals surface area contributed by atoms with E-state index in [2.05, 4.69) is 0 Å². The Balaban J connectivity index is 2.17. The minimum atomic E-state index is -0.654. The van der Waals surface area contributed by atoms with E-state index in [1.165, 1.54) is 12.1 Å². The lowest BCUT2D eigenvalue weighted by molar-refractivity contribution is 0.0528. The number of nitrogens with zero attached hydrogens (tertiary/aromatic N) is 1. The third-order valence-electron chi connectivity index (χ3n) is 3.35. The van der Waals surface area contributed by atoms with Crippen molar-refractivity contribution in [3.05, 3.63) is 65.9 Å². The number of esters is 1. The third-order valence-corrected chi connectivity index (χ3v) is 3.35. The zero-order valence-electron chi connectivity index (χ0n) is 11.8. The van der Waals surface area contributed by atoms with Crippen molar-refractivity contribution in [3.63, 3.8) is 0 Å². The molecule has 3 rings (SSSR count). The molecular weight excluding hydrogens is 288 g/mol. The molecule has 1 heterocycles. The van der Waals surface area contributed by atoms with Gasteiger partial charge in [-0.25, -0.2) is 13.6 Å². The maximum absolute atomic E-state index is 13.4. The molecule has 0 atom stereocenters. The molecule has 0 saturated carbocycles. The van der Waals surface area contributed by atoms with E-state index in [1.807, 2.05) is 0 Å². The molecule has 0 amide bonds. The number of carbonyl (C=O) groups is 1. The molecule has 0 fully saturated rings. The van der Waals surface area contributed by atoms with Gasteiger partial charge in [0, 0.05) is 17.6 Å². The van der Waals surface area contributed by atoms with Gasteiger partial charge in [0.25, 0.3) is 0 Å². The molecule has 0 aliphatic rings. The molecule has 0 bridgehead atoms. The molecule has 0 aliphatic heterocycles. The Bertz CT molecular complexity index is 835. The SMILES string of the molecule is CCOC(=O)c1cccc2c1ccn2-c1cc(F)cc(F)c1. The van der Waals surface area contributed by atoms with Crippen LogP contribution in [0, 0.1) is 11.6 Å². The molecule has 0 radical (unpaired) electrons. The maximum Gasteiger partial charge on any atom is 0.338 e. The van der Waals surface area contributed by atoms with E-state index >= 15 is 0 Å². The minimum absolute atomic E-state index is 0.283. The first-order valence-electron chi connectivity index (χ1n) is 6.84. The minimum Gasteiger partial charge on any atom is -0.462 e. The van der Waals surface area contributed by atoms with Gasteiger partial charge in [-0.15, -0.1) is 0 Å². The van der Waals surface area contributed by atoms with Crippen molar-refractivity contribution in [3.8, 4) is 5.69 Å². The fourth-order valence-electron chi connectivity index (χ4n) is 2.46.